The Bertz CT molecular complexity index is 398. The molecule has 0 bridgehead atoms. The highest BCUT2D eigenvalue weighted by Gasteiger charge is 2.01. The summed E-state index contributed by atoms with van der Waals surface area (Å²) >= 11 is 0. The van der Waals surface area contributed by atoms with E-state index >= 15 is 0 Å². The minimum Gasteiger partial charge on any atom is -0.384 e. The molecule has 1 heterocycles. The first-order chi connectivity index (χ1) is 6.75. The normalized spacial score (nSPS) is 10.4. The van der Waals surface area contributed by atoms with Gasteiger partial charge < -0.3 is 5.73 Å². The second-order valence-corrected chi connectivity index (χ2v) is 3.35. The van der Waals surface area contributed by atoms with Gasteiger partial charge in [-0.25, -0.2) is 0 Å². The highest BCUT2D eigenvalue weighted by Crippen LogP contribution is 2.10. The largest absolute Gasteiger partial charge is 0.384 e. The van der Waals surface area contributed by atoms with Crippen LogP contribution in [-0.2, 0) is 13.5 Å². The van der Waals surface area contributed by atoms with Crippen LogP contribution >= 0.6 is 0 Å². The van der Waals surface area contributed by atoms with Crippen molar-refractivity contribution in [2.45, 2.75) is 6.42 Å². The summed E-state index contributed by atoms with van der Waals surface area (Å²) in [6.07, 6.45) is 0.839. The molecule has 14 heavy (non-hydrogen) atoms. The Morgan fingerprint density at radius 2 is 2.00 bits per heavy atom. The summed E-state index contributed by atoms with van der Waals surface area (Å²) in [4.78, 5) is 0. The first-order valence-corrected chi connectivity index (χ1v) is 4.58. The molecule has 0 radical (unpaired) electrons. The Labute approximate surface area is 83.2 Å². The van der Waals surface area contributed by atoms with Crippen LogP contribution in [0.5, 0.6) is 0 Å². The van der Waals surface area contributed by atoms with Crippen molar-refractivity contribution in [2.75, 3.05) is 5.73 Å². The molecule has 0 unspecified atom stereocenters. The van der Waals surface area contributed by atoms with Crippen LogP contribution in [0, 0.1) is 0 Å². The number of nitrogens with zero attached hydrogens (tertiary/aromatic N) is 2. The van der Waals surface area contributed by atoms with Gasteiger partial charge in [0.2, 0.25) is 0 Å². The van der Waals surface area contributed by atoms with Crippen molar-refractivity contribution in [3.05, 3.63) is 47.7 Å². The van der Waals surface area contributed by atoms with Gasteiger partial charge in [0.1, 0.15) is 5.82 Å². The number of rotatable bonds is 2. The molecular weight excluding hydrogens is 174 g/mol. The average Bonchev–Trinajstić information content (AvgIpc) is 2.47. The molecule has 1 aromatic carbocycles. The minimum absolute atomic E-state index is 0.705. The molecule has 2 rings (SSSR count). The second-order valence-electron chi connectivity index (χ2n) is 3.35. The third kappa shape index (κ3) is 1.76. The molecule has 3 nitrogen and oxygen atoms in total. The maximum Gasteiger partial charge on any atom is 0.121 e. The van der Waals surface area contributed by atoms with Gasteiger partial charge in [0, 0.05) is 19.5 Å². The second kappa shape index (κ2) is 3.54. The Balaban J connectivity index is 2.19. The van der Waals surface area contributed by atoms with E-state index in [2.05, 4.69) is 17.2 Å². The van der Waals surface area contributed by atoms with Gasteiger partial charge in [0.05, 0.1) is 5.69 Å². The number of anilines is 1. The van der Waals surface area contributed by atoms with Crippen LogP contribution in [0.3, 0.4) is 0 Å². The van der Waals surface area contributed by atoms with Crippen molar-refractivity contribution in [1.29, 1.82) is 0 Å². The lowest BCUT2D eigenvalue weighted by molar-refractivity contribution is 0.759. The van der Waals surface area contributed by atoms with Gasteiger partial charge in [-0.1, -0.05) is 30.3 Å². The zero-order valence-corrected chi connectivity index (χ0v) is 8.14. The van der Waals surface area contributed by atoms with Crippen molar-refractivity contribution in [3.8, 4) is 0 Å². The number of aryl methyl sites for hydroxylation is 1. The number of nitrogen functional groups attached to an aromatic ring is 1. The SMILES string of the molecule is Cn1nc(Cc2ccccc2)cc1N. The van der Waals surface area contributed by atoms with Crippen LogP contribution in [0.15, 0.2) is 36.4 Å². The molecular formula is C11H13N3. The monoisotopic (exact) mass is 187 g/mol. The molecule has 0 amide bonds. The number of hydrogen-bond donors (Lipinski definition) is 1. The Kier molecular flexibility index (Phi) is 2.23. The van der Waals surface area contributed by atoms with Crippen LogP contribution in [0.1, 0.15) is 11.3 Å². The molecule has 0 spiro atoms. The molecule has 0 saturated heterocycles. The lowest BCUT2D eigenvalue weighted by Crippen LogP contribution is -1.97. The van der Waals surface area contributed by atoms with E-state index in [1.54, 1.807) is 4.68 Å². The van der Waals surface area contributed by atoms with Gasteiger partial charge in [0.25, 0.3) is 0 Å². The van der Waals surface area contributed by atoms with Crippen molar-refractivity contribution in [2.24, 2.45) is 7.05 Å². The predicted molar refractivity (Wildman–Crippen MR) is 56.9 cm³/mol. The molecule has 2 N–H and O–H groups in total. The summed E-state index contributed by atoms with van der Waals surface area (Å²) in [7, 11) is 1.85. The first kappa shape index (κ1) is 8.81. The predicted octanol–water partition coefficient (Wildman–Crippen LogP) is 1.59. The van der Waals surface area contributed by atoms with E-state index in [0.29, 0.717) is 5.82 Å². The van der Waals surface area contributed by atoms with E-state index in [4.69, 9.17) is 5.73 Å². The molecule has 0 aliphatic rings. The minimum atomic E-state index is 0.705. The standard InChI is InChI=1S/C11H13N3/c1-14-11(12)8-10(13-14)7-9-5-3-2-4-6-9/h2-6,8H,7,12H2,1H3. The van der Waals surface area contributed by atoms with Crippen molar-refractivity contribution < 1.29 is 0 Å². The van der Waals surface area contributed by atoms with Crippen molar-refractivity contribution in [1.82, 2.24) is 9.78 Å². The zero-order valence-electron chi connectivity index (χ0n) is 8.14. The van der Waals surface area contributed by atoms with Crippen LogP contribution in [-0.4, -0.2) is 9.78 Å². The van der Waals surface area contributed by atoms with Gasteiger partial charge in [0.15, 0.2) is 0 Å². The smallest absolute Gasteiger partial charge is 0.121 e. The van der Waals surface area contributed by atoms with E-state index in [-0.39, 0.29) is 0 Å². The quantitative estimate of drug-likeness (QED) is 0.776. The molecule has 72 valence electrons. The van der Waals surface area contributed by atoms with Gasteiger partial charge in [-0.3, -0.25) is 4.68 Å². The highest BCUT2D eigenvalue weighted by atomic mass is 15.3. The summed E-state index contributed by atoms with van der Waals surface area (Å²) in [5.74, 6) is 0.705. The van der Waals surface area contributed by atoms with Gasteiger partial charge >= 0.3 is 0 Å². The fourth-order valence-electron chi connectivity index (χ4n) is 1.43. The summed E-state index contributed by atoms with van der Waals surface area (Å²) in [6, 6.07) is 12.2. The van der Waals surface area contributed by atoms with E-state index < -0.39 is 0 Å². The lowest BCUT2D eigenvalue weighted by atomic mass is 10.1. The maximum atomic E-state index is 5.69. The van der Waals surface area contributed by atoms with Crippen LogP contribution < -0.4 is 5.73 Å². The van der Waals surface area contributed by atoms with Gasteiger partial charge in [-0.05, 0) is 5.56 Å². The first-order valence-electron chi connectivity index (χ1n) is 4.58. The number of hydrogen-bond acceptors (Lipinski definition) is 2. The third-order valence-corrected chi connectivity index (χ3v) is 2.19. The number of benzene rings is 1. The molecule has 0 aliphatic carbocycles. The molecule has 1 aromatic heterocycles. The van der Waals surface area contributed by atoms with E-state index in [1.165, 1.54) is 5.56 Å². The maximum absolute atomic E-state index is 5.69. The van der Waals surface area contributed by atoms with E-state index in [9.17, 15) is 0 Å². The fourth-order valence-corrected chi connectivity index (χ4v) is 1.43. The summed E-state index contributed by atoms with van der Waals surface area (Å²) < 4.78 is 1.69. The van der Waals surface area contributed by atoms with Crippen molar-refractivity contribution >= 4 is 5.82 Å². The number of aromatic nitrogens is 2. The molecule has 3 heteroatoms. The Morgan fingerprint density at radius 3 is 2.57 bits per heavy atom. The van der Waals surface area contributed by atoms with Crippen LogP contribution in [0.25, 0.3) is 0 Å². The number of nitrogens with two attached hydrogens (primary N) is 1. The molecule has 0 saturated carbocycles. The van der Waals surface area contributed by atoms with Crippen LogP contribution in [0.4, 0.5) is 5.82 Å². The third-order valence-electron chi connectivity index (χ3n) is 2.19. The lowest BCUT2D eigenvalue weighted by Gasteiger charge is -1.95. The van der Waals surface area contributed by atoms with E-state index in [0.717, 1.165) is 12.1 Å². The Morgan fingerprint density at radius 1 is 1.29 bits per heavy atom. The summed E-state index contributed by atoms with van der Waals surface area (Å²) in [6.45, 7) is 0. The molecule has 0 aliphatic heterocycles. The van der Waals surface area contributed by atoms with Crippen molar-refractivity contribution in [3.63, 3.8) is 0 Å². The van der Waals surface area contributed by atoms with Crippen LogP contribution in [0.2, 0.25) is 0 Å². The topological polar surface area (TPSA) is 43.8 Å². The average molecular weight is 187 g/mol. The van der Waals surface area contributed by atoms with Gasteiger partial charge in [-0.2, -0.15) is 5.10 Å². The highest BCUT2D eigenvalue weighted by molar-refractivity contribution is 5.33. The molecule has 0 atom stereocenters. The summed E-state index contributed by atoms with van der Waals surface area (Å²) in [5, 5.41) is 4.30. The zero-order chi connectivity index (χ0) is 9.97. The molecule has 0 fully saturated rings. The fraction of sp³-hybridized carbons (Fsp3) is 0.182. The van der Waals surface area contributed by atoms with E-state index in [1.807, 2.05) is 31.3 Å². The Hall–Kier alpha value is -1.77. The summed E-state index contributed by atoms with van der Waals surface area (Å²) in [5.41, 5.74) is 7.96. The van der Waals surface area contributed by atoms with Gasteiger partial charge in [-0.15, -0.1) is 0 Å². The molecule has 2 aromatic rings.